The summed E-state index contributed by atoms with van der Waals surface area (Å²) in [6.07, 6.45) is 1.55. The Bertz CT molecular complexity index is 1550. The first-order valence-electron chi connectivity index (χ1n) is 12.7. The molecule has 41 heavy (non-hydrogen) atoms. The van der Waals surface area contributed by atoms with E-state index in [9.17, 15) is 24.5 Å². The normalized spacial score (nSPS) is 14.1. The smallest absolute Gasteiger partial charge is 0.343 e. The van der Waals surface area contributed by atoms with Gasteiger partial charge in [0.25, 0.3) is 16.8 Å². The first kappa shape index (κ1) is 29.3. The zero-order chi connectivity index (χ0) is 29.7. The number of carbonyl (C=O) groups is 3. The van der Waals surface area contributed by atoms with Crippen LogP contribution >= 0.6 is 11.8 Å². The molecule has 0 saturated carbocycles. The molecule has 0 atom stereocenters. The molecule has 1 aliphatic heterocycles. The van der Waals surface area contributed by atoms with Crippen LogP contribution in [-0.4, -0.2) is 47.2 Å². The quantitative estimate of drug-likeness (QED) is 0.0890. The average molecular weight is 577 g/mol. The zero-order valence-corrected chi connectivity index (χ0v) is 23.7. The highest BCUT2D eigenvalue weighted by Gasteiger charge is 2.35. The molecule has 0 bridgehead atoms. The number of benzene rings is 3. The minimum atomic E-state index is -0.797. The molecule has 0 aliphatic carbocycles. The molecule has 2 amide bonds. The van der Waals surface area contributed by atoms with Gasteiger partial charge >= 0.3 is 5.97 Å². The molecular weight excluding hydrogens is 548 g/mol. The highest BCUT2D eigenvalue weighted by Crippen LogP contribution is 2.35. The largest absolute Gasteiger partial charge is 0.493 e. The predicted molar refractivity (Wildman–Crippen MR) is 154 cm³/mol. The van der Waals surface area contributed by atoms with Gasteiger partial charge in [0.1, 0.15) is 12.4 Å². The topological polar surface area (TPSA) is 125 Å². The van der Waals surface area contributed by atoms with Gasteiger partial charge in [0.05, 0.1) is 29.0 Å². The van der Waals surface area contributed by atoms with E-state index in [1.165, 1.54) is 31.4 Å². The lowest BCUT2D eigenvalue weighted by atomic mass is 10.0. The van der Waals surface area contributed by atoms with Crippen molar-refractivity contribution in [1.29, 1.82) is 0 Å². The van der Waals surface area contributed by atoms with Gasteiger partial charge in [-0.2, -0.15) is 0 Å². The van der Waals surface area contributed by atoms with Crippen molar-refractivity contribution in [3.63, 3.8) is 0 Å². The third-order valence-corrected chi connectivity index (χ3v) is 7.13. The Kier molecular flexibility index (Phi) is 9.08. The molecule has 0 spiro atoms. The number of hydrogen-bond acceptors (Lipinski definition) is 9. The number of imide groups is 1. The second kappa shape index (κ2) is 12.7. The van der Waals surface area contributed by atoms with Gasteiger partial charge in [0.15, 0.2) is 11.5 Å². The molecule has 212 valence electrons. The molecule has 1 aliphatic rings. The molecule has 0 unspecified atom stereocenters. The molecule has 0 N–H and O–H groups in total. The number of rotatable bonds is 10. The summed E-state index contributed by atoms with van der Waals surface area (Å²) in [7, 11) is 1.39. The summed E-state index contributed by atoms with van der Waals surface area (Å²) < 4.78 is 16.7. The Morgan fingerprint density at radius 2 is 1.83 bits per heavy atom. The zero-order valence-electron chi connectivity index (χ0n) is 22.9. The van der Waals surface area contributed by atoms with Crippen molar-refractivity contribution < 1.29 is 33.5 Å². The van der Waals surface area contributed by atoms with E-state index in [-0.39, 0.29) is 46.7 Å². The van der Waals surface area contributed by atoms with Crippen LogP contribution in [-0.2, 0) is 4.79 Å². The summed E-state index contributed by atoms with van der Waals surface area (Å²) in [6, 6.07) is 15.8. The number of esters is 1. The fourth-order valence-electron chi connectivity index (χ4n) is 4.10. The van der Waals surface area contributed by atoms with Crippen molar-refractivity contribution in [2.75, 3.05) is 20.3 Å². The van der Waals surface area contributed by atoms with Gasteiger partial charge in [-0.25, -0.2) is 4.79 Å². The van der Waals surface area contributed by atoms with Crippen molar-refractivity contribution in [3.05, 3.63) is 97.9 Å². The number of nitro benzene ring substituents is 1. The van der Waals surface area contributed by atoms with Crippen LogP contribution in [0.4, 0.5) is 10.5 Å². The molecule has 11 heteroatoms. The molecule has 0 radical (unpaired) electrons. The average Bonchev–Trinajstić information content (AvgIpc) is 3.20. The molecule has 0 aromatic heterocycles. The van der Waals surface area contributed by atoms with Crippen LogP contribution in [0, 0.1) is 17.0 Å². The summed E-state index contributed by atoms with van der Waals surface area (Å²) in [5.41, 5.74) is 2.42. The fraction of sp³-hybridized carbons (Fsp3) is 0.233. The molecule has 3 aromatic rings. The monoisotopic (exact) mass is 576 g/mol. The van der Waals surface area contributed by atoms with Gasteiger partial charge in [0.2, 0.25) is 0 Å². The number of non-ortho nitro benzene ring substituents is 1. The van der Waals surface area contributed by atoms with Crippen LogP contribution in [0.5, 0.6) is 17.2 Å². The summed E-state index contributed by atoms with van der Waals surface area (Å²) >= 11 is 0.824. The summed E-state index contributed by atoms with van der Waals surface area (Å²) in [4.78, 5) is 50.0. The summed E-state index contributed by atoms with van der Waals surface area (Å²) in [6.45, 7) is 6.38. The molecule has 1 heterocycles. The van der Waals surface area contributed by atoms with Gasteiger partial charge < -0.3 is 14.2 Å². The van der Waals surface area contributed by atoms with E-state index < -0.39 is 22.0 Å². The summed E-state index contributed by atoms with van der Waals surface area (Å²) in [5.74, 6) is 0.0530. The number of methoxy groups -OCH3 is 1. The number of nitro groups is 1. The SMILES string of the molecule is COc1cc(/C=C2\SC(=O)N(CCOc3cc(C)ccc3C(C)C)C2=O)ccc1OC(=O)c1cccc([N+](=O)[O-])c1. The maximum atomic E-state index is 13.0. The highest BCUT2D eigenvalue weighted by atomic mass is 32.2. The standard InChI is InChI=1S/C30H28N2O8S/c1-18(2)23-10-8-19(3)14-25(23)39-13-12-31-28(33)27(41-30(31)35)16-20-9-11-24(26(15-20)38-4)40-29(34)21-6-5-7-22(17-21)32(36)37/h5-11,14-18H,12-13H2,1-4H3/b27-16-. The number of carbonyl (C=O) groups excluding carboxylic acids is 3. The van der Waals surface area contributed by atoms with E-state index in [0.29, 0.717) is 5.56 Å². The number of aryl methyl sites for hydroxylation is 1. The molecule has 4 rings (SSSR count). The number of thioether (sulfide) groups is 1. The van der Waals surface area contributed by atoms with Crippen LogP contribution in [0.15, 0.2) is 65.6 Å². The second-order valence-electron chi connectivity index (χ2n) is 9.49. The maximum absolute atomic E-state index is 13.0. The van der Waals surface area contributed by atoms with Gasteiger partial charge in [-0.15, -0.1) is 0 Å². The van der Waals surface area contributed by atoms with Crippen molar-refractivity contribution in [2.45, 2.75) is 26.7 Å². The molecule has 1 saturated heterocycles. The highest BCUT2D eigenvalue weighted by molar-refractivity contribution is 8.18. The van der Waals surface area contributed by atoms with Crippen molar-refractivity contribution >= 4 is 40.6 Å². The third kappa shape index (κ3) is 6.93. The van der Waals surface area contributed by atoms with Crippen LogP contribution in [0.2, 0.25) is 0 Å². The van der Waals surface area contributed by atoms with Crippen LogP contribution in [0.3, 0.4) is 0 Å². The lowest BCUT2D eigenvalue weighted by Gasteiger charge is -2.17. The lowest BCUT2D eigenvalue weighted by molar-refractivity contribution is -0.384. The van der Waals surface area contributed by atoms with E-state index >= 15 is 0 Å². The predicted octanol–water partition coefficient (Wildman–Crippen LogP) is 6.37. The maximum Gasteiger partial charge on any atom is 0.343 e. The number of amides is 2. The van der Waals surface area contributed by atoms with E-state index in [1.807, 2.05) is 25.1 Å². The first-order valence-corrected chi connectivity index (χ1v) is 13.5. The molecule has 10 nitrogen and oxygen atoms in total. The van der Waals surface area contributed by atoms with E-state index in [2.05, 4.69) is 13.8 Å². The van der Waals surface area contributed by atoms with E-state index in [0.717, 1.165) is 39.6 Å². The second-order valence-corrected chi connectivity index (χ2v) is 10.5. The van der Waals surface area contributed by atoms with Gasteiger partial charge in [0, 0.05) is 12.1 Å². The number of hydrogen-bond donors (Lipinski definition) is 0. The van der Waals surface area contributed by atoms with Gasteiger partial charge in [-0.05, 0) is 71.6 Å². The molecule has 3 aromatic carbocycles. The number of nitrogens with zero attached hydrogens (tertiary/aromatic N) is 2. The Morgan fingerprint density at radius 1 is 1.05 bits per heavy atom. The minimum Gasteiger partial charge on any atom is -0.493 e. The molecule has 1 fully saturated rings. The Hall–Kier alpha value is -4.64. The first-order chi connectivity index (χ1) is 19.6. The third-order valence-electron chi connectivity index (χ3n) is 6.22. The van der Waals surface area contributed by atoms with Crippen molar-refractivity contribution in [3.8, 4) is 17.2 Å². The fourth-order valence-corrected chi connectivity index (χ4v) is 4.96. The van der Waals surface area contributed by atoms with Gasteiger partial charge in [-0.3, -0.25) is 24.6 Å². The van der Waals surface area contributed by atoms with E-state index in [4.69, 9.17) is 14.2 Å². The van der Waals surface area contributed by atoms with Crippen LogP contribution in [0.25, 0.3) is 6.08 Å². The molecular formula is C30H28N2O8S. The Morgan fingerprint density at radius 3 is 2.54 bits per heavy atom. The van der Waals surface area contributed by atoms with Crippen molar-refractivity contribution in [1.82, 2.24) is 4.90 Å². The summed E-state index contributed by atoms with van der Waals surface area (Å²) in [5, 5.41) is 10.6. The van der Waals surface area contributed by atoms with E-state index in [1.54, 1.807) is 18.2 Å². The lowest BCUT2D eigenvalue weighted by Crippen LogP contribution is -2.32. The van der Waals surface area contributed by atoms with Gasteiger partial charge in [-0.1, -0.05) is 38.1 Å². The van der Waals surface area contributed by atoms with Crippen molar-refractivity contribution in [2.24, 2.45) is 0 Å². The number of ether oxygens (including phenoxy) is 3. The van der Waals surface area contributed by atoms with Crippen LogP contribution in [0.1, 0.15) is 46.8 Å². The Labute approximate surface area is 241 Å². The van der Waals surface area contributed by atoms with Crippen LogP contribution < -0.4 is 14.2 Å². The minimum absolute atomic E-state index is 0.00538. The Balaban J connectivity index is 1.44.